The van der Waals surface area contributed by atoms with Crippen molar-refractivity contribution in [3.8, 4) is 0 Å². The van der Waals surface area contributed by atoms with Gasteiger partial charge in [0.1, 0.15) is 0 Å². The molecule has 2 heteroatoms. The lowest BCUT2D eigenvalue weighted by Crippen LogP contribution is -2.53. The predicted octanol–water partition coefficient (Wildman–Crippen LogP) is 3.21. The Labute approximate surface area is 117 Å². The Hall–Kier alpha value is -0.860. The lowest BCUT2D eigenvalue weighted by atomic mass is 10.00. The largest absolute Gasteiger partial charge is 0.307 e. The molecule has 0 amide bonds. The van der Waals surface area contributed by atoms with E-state index < -0.39 is 0 Å². The van der Waals surface area contributed by atoms with Gasteiger partial charge in [0.25, 0.3) is 0 Å². The van der Waals surface area contributed by atoms with Crippen LogP contribution in [0.1, 0.15) is 44.7 Å². The lowest BCUT2D eigenvalue weighted by Gasteiger charge is -2.41. The van der Waals surface area contributed by atoms with E-state index in [0.29, 0.717) is 6.04 Å². The van der Waals surface area contributed by atoms with Gasteiger partial charge in [-0.15, -0.1) is 0 Å². The second-order valence-corrected chi connectivity index (χ2v) is 6.10. The number of nitrogens with one attached hydrogen (secondary N) is 1. The number of rotatable bonds is 4. The minimum Gasteiger partial charge on any atom is -0.307 e. The second kappa shape index (κ2) is 5.64. The van der Waals surface area contributed by atoms with Gasteiger partial charge in [-0.2, -0.15) is 0 Å². The topological polar surface area (TPSA) is 15.3 Å². The lowest BCUT2D eigenvalue weighted by molar-refractivity contribution is 0.112. The summed E-state index contributed by atoms with van der Waals surface area (Å²) < 4.78 is 0. The standard InChI is InChI=1S/C17H26N2/c1-3-13-10-17(13)19-12-16(18-11-15(19)4-2)14-8-6-5-7-9-14/h5-9,13,15-18H,3-4,10-12H2,1-2H3. The molecule has 1 aromatic rings. The summed E-state index contributed by atoms with van der Waals surface area (Å²) in [4.78, 5) is 2.79. The molecule has 1 saturated heterocycles. The molecule has 0 bridgehead atoms. The van der Waals surface area contributed by atoms with Crippen LogP contribution >= 0.6 is 0 Å². The molecule has 4 unspecified atom stereocenters. The summed E-state index contributed by atoms with van der Waals surface area (Å²) in [5.74, 6) is 0.962. The number of benzene rings is 1. The third-order valence-electron chi connectivity index (χ3n) is 4.97. The molecule has 2 fully saturated rings. The molecule has 19 heavy (non-hydrogen) atoms. The van der Waals surface area contributed by atoms with E-state index >= 15 is 0 Å². The Morgan fingerprint density at radius 1 is 1.16 bits per heavy atom. The summed E-state index contributed by atoms with van der Waals surface area (Å²) in [7, 11) is 0. The van der Waals surface area contributed by atoms with Crippen LogP contribution in [0.4, 0.5) is 0 Å². The molecule has 1 aliphatic carbocycles. The van der Waals surface area contributed by atoms with Crippen molar-refractivity contribution >= 4 is 0 Å². The fraction of sp³-hybridized carbons (Fsp3) is 0.647. The molecule has 2 aliphatic rings. The van der Waals surface area contributed by atoms with Crippen LogP contribution in [0, 0.1) is 5.92 Å². The van der Waals surface area contributed by atoms with E-state index in [9.17, 15) is 0 Å². The summed E-state index contributed by atoms with van der Waals surface area (Å²) in [5.41, 5.74) is 1.44. The quantitative estimate of drug-likeness (QED) is 0.892. The third kappa shape index (κ3) is 2.70. The van der Waals surface area contributed by atoms with Gasteiger partial charge in [-0.1, -0.05) is 50.6 Å². The van der Waals surface area contributed by atoms with Gasteiger partial charge in [-0.3, -0.25) is 4.90 Å². The summed E-state index contributed by atoms with van der Waals surface area (Å²) in [6.07, 6.45) is 4.04. The molecule has 2 nitrogen and oxygen atoms in total. The van der Waals surface area contributed by atoms with E-state index in [1.165, 1.54) is 31.4 Å². The van der Waals surface area contributed by atoms with Crippen molar-refractivity contribution in [2.24, 2.45) is 5.92 Å². The normalized spacial score (nSPS) is 35.3. The highest BCUT2D eigenvalue weighted by atomic mass is 15.3. The van der Waals surface area contributed by atoms with Gasteiger partial charge in [-0.05, 0) is 24.3 Å². The summed E-state index contributed by atoms with van der Waals surface area (Å²) >= 11 is 0. The SMILES string of the molecule is CCC1CC1N1CC(c2ccccc2)NCC1CC. The second-order valence-electron chi connectivity index (χ2n) is 6.10. The average Bonchev–Trinajstić information content (AvgIpc) is 3.27. The van der Waals surface area contributed by atoms with E-state index in [4.69, 9.17) is 0 Å². The van der Waals surface area contributed by atoms with Crippen molar-refractivity contribution in [2.75, 3.05) is 13.1 Å². The van der Waals surface area contributed by atoms with E-state index in [1.807, 2.05) is 0 Å². The zero-order valence-corrected chi connectivity index (χ0v) is 12.2. The molecule has 0 radical (unpaired) electrons. The van der Waals surface area contributed by atoms with Crippen molar-refractivity contribution in [3.63, 3.8) is 0 Å². The zero-order valence-electron chi connectivity index (χ0n) is 12.2. The molecule has 1 saturated carbocycles. The van der Waals surface area contributed by atoms with Crippen molar-refractivity contribution in [1.82, 2.24) is 10.2 Å². The van der Waals surface area contributed by atoms with Crippen LogP contribution in [0.5, 0.6) is 0 Å². The minimum absolute atomic E-state index is 0.516. The maximum atomic E-state index is 3.74. The fourth-order valence-electron chi connectivity index (χ4n) is 3.59. The molecule has 1 heterocycles. The molecule has 0 aromatic heterocycles. The predicted molar refractivity (Wildman–Crippen MR) is 80.2 cm³/mol. The summed E-state index contributed by atoms with van der Waals surface area (Å²) in [5, 5.41) is 3.74. The molecule has 4 atom stereocenters. The molecular formula is C17H26N2. The first-order valence-electron chi connectivity index (χ1n) is 7.87. The Morgan fingerprint density at radius 2 is 1.95 bits per heavy atom. The van der Waals surface area contributed by atoms with E-state index in [1.54, 1.807) is 0 Å². The highest BCUT2D eigenvalue weighted by Gasteiger charge is 2.44. The van der Waals surface area contributed by atoms with Crippen LogP contribution in [0.25, 0.3) is 0 Å². The Bertz CT molecular complexity index is 403. The van der Waals surface area contributed by atoms with Crippen LogP contribution < -0.4 is 5.32 Å². The van der Waals surface area contributed by atoms with Gasteiger partial charge in [-0.25, -0.2) is 0 Å². The van der Waals surface area contributed by atoms with Gasteiger partial charge in [0, 0.05) is 31.2 Å². The highest BCUT2D eigenvalue weighted by molar-refractivity contribution is 5.20. The van der Waals surface area contributed by atoms with Gasteiger partial charge >= 0.3 is 0 Å². The van der Waals surface area contributed by atoms with Crippen molar-refractivity contribution in [1.29, 1.82) is 0 Å². The number of nitrogens with zero attached hydrogens (tertiary/aromatic N) is 1. The number of hydrogen-bond acceptors (Lipinski definition) is 2. The molecule has 1 aromatic carbocycles. The number of hydrogen-bond donors (Lipinski definition) is 1. The van der Waals surface area contributed by atoms with Gasteiger partial charge in [0.05, 0.1) is 0 Å². The Kier molecular flexibility index (Phi) is 3.90. The molecule has 0 spiro atoms. The first-order chi connectivity index (χ1) is 9.33. The van der Waals surface area contributed by atoms with Gasteiger partial charge in [0.15, 0.2) is 0 Å². The molecule has 1 N–H and O–H groups in total. The zero-order chi connectivity index (χ0) is 13.2. The Balaban J connectivity index is 1.71. The van der Waals surface area contributed by atoms with Crippen LogP contribution in [-0.2, 0) is 0 Å². The van der Waals surface area contributed by atoms with Crippen molar-refractivity contribution < 1.29 is 0 Å². The van der Waals surface area contributed by atoms with Crippen LogP contribution in [0.3, 0.4) is 0 Å². The van der Waals surface area contributed by atoms with E-state index in [2.05, 4.69) is 54.4 Å². The van der Waals surface area contributed by atoms with Gasteiger partial charge < -0.3 is 5.32 Å². The van der Waals surface area contributed by atoms with Crippen molar-refractivity contribution in [3.05, 3.63) is 35.9 Å². The fourth-order valence-corrected chi connectivity index (χ4v) is 3.59. The van der Waals surface area contributed by atoms with Crippen LogP contribution in [0.15, 0.2) is 30.3 Å². The van der Waals surface area contributed by atoms with Crippen LogP contribution in [-0.4, -0.2) is 30.1 Å². The molecular weight excluding hydrogens is 232 g/mol. The van der Waals surface area contributed by atoms with E-state index in [-0.39, 0.29) is 0 Å². The molecule has 104 valence electrons. The molecule has 3 rings (SSSR count). The molecule has 1 aliphatic heterocycles. The highest BCUT2D eigenvalue weighted by Crippen LogP contribution is 2.41. The minimum atomic E-state index is 0.516. The number of piperazine rings is 1. The third-order valence-corrected chi connectivity index (χ3v) is 4.97. The average molecular weight is 258 g/mol. The van der Waals surface area contributed by atoms with Crippen molar-refractivity contribution in [2.45, 2.75) is 51.2 Å². The van der Waals surface area contributed by atoms with E-state index in [0.717, 1.165) is 24.5 Å². The first kappa shape index (κ1) is 13.1. The Morgan fingerprint density at radius 3 is 2.58 bits per heavy atom. The smallest absolute Gasteiger partial charge is 0.0450 e. The monoisotopic (exact) mass is 258 g/mol. The van der Waals surface area contributed by atoms with Crippen LogP contribution in [0.2, 0.25) is 0 Å². The summed E-state index contributed by atoms with van der Waals surface area (Å²) in [6, 6.07) is 13.0. The van der Waals surface area contributed by atoms with Gasteiger partial charge in [0.2, 0.25) is 0 Å². The first-order valence-corrected chi connectivity index (χ1v) is 7.87. The summed E-state index contributed by atoms with van der Waals surface area (Å²) in [6.45, 7) is 6.99. The maximum absolute atomic E-state index is 3.74. The maximum Gasteiger partial charge on any atom is 0.0450 e.